The molecule has 3 N–H and O–H groups in total. The molecule has 0 radical (unpaired) electrons. The molecule has 5 heteroatoms. The fourth-order valence-corrected chi connectivity index (χ4v) is 2.05. The van der Waals surface area contributed by atoms with Crippen LogP contribution in [0.3, 0.4) is 0 Å². The zero-order chi connectivity index (χ0) is 16.7. The minimum Gasteiger partial charge on any atom is -0.508 e. The van der Waals surface area contributed by atoms with Gasteiger partial charge in [0.25, 0.3) is 0 Å². The second kappa shape index (κ2) is 8.17. The van der Waals surface area contributed by atoms with Crippen LogP contribution >= 0.6 is 0 Å². The summed E-state index contributed by atoms with van der Waals surface area (Å²) < 4.78 is 13.6. The Kier molecular flexibility index (Phi) is 5.97. The molecule has 0 aliphatic rings. The SMILES string of the molecule is CCNC(=NCc1ccc(C)c(F)c1)NCc1ccc(O)cc1. The van der Waals surface area contributed by atoms with E-state index in [1.165, 1.54) is 6.07 Å². The summed E-state index contributed by atoms with van der Waals surface area (Å²) in [6.07, 6.45) is 0. The van der Waals surface area contributed by atoms with E-state index in [0.717, 1.165) is 17.7 Å². The number of phenolic OH excluding ortho intramolecular Hbond substituents is 1. The molecule has 0 saturated carbocycles. The van der Waals surface area contributed by atoms with Gasteiger partial charge < -0.3 is 15.7 Å². The number of rotatable bonds is 5. The van der Waals surface area contributed by atoms with Crippen molar-refractivity contribution in [1.29, 1.82) is 0 Å². The molecule has 0 heterocycles. The molecular formula is C18H22FN3O. The molecule has 0 aromatic heterocycles. The lowest BCUT2D eigenvalue weighted by atomic mass is 10.1. The van der Waals surface area contributed by atoms with Gasteiger partial charge in [0.2, 0.25) is 0 Å². The number of halogens is 1. The van der Waals surface area contributed by atoms with Crippen LogP contribution in [0.15, 0.2) is 47.5 Å². The summed E-state index contributed by atoms with van der Waals surface area (Å²) in [7, 11) is 0. The van der Waals surface area contributed by atoms with Crippen LogP contribution in [-0.4, -0.2) is 17.6 Å². The minimum absolute atomic E-state index is 0.209. The lowest BCUT2D eigenvalue weighted by molar-refractivity contribution is 0.475. The van der Waals surface area contributed by atoms with E-state index in [-0.39, 0.29) is 11.6 Å². The Labute approximate surface area is 136 Å². The normalized spacial score (nSPS) is 11.3. The van der Waals surface area contributed by atoms with Gasteiger partial charge in [0.1, 0.15) is 11.6 Å². The Balaban J connectivity index is 1.98. The summed E-state index contributed by atoms with van der Waals surface area (Å²) in [6, 6.07) is 12.2. The highest BCUT2D eigenvalue weighted by molar-refractivity contribution is 5.79. The van der Waals surface area contributed by atoms with Gasteiger partial charge in [0.05, 0.1) is 6.54 Å². The first-order valence-corrected chi connectivity index (χ1v) is 7.63. The van der Waals surface area contributed by atoms with Crippen molar-refractivity contribution in [3.63, 3.8) is 0 Å². The standard InChI is InChI=1S/C18H22FN3O/c1-3-20-18(21-11-14-6-8-16(23)9-7-14)22-12-15-5-4-13(2)17(19)10-15/h4-10,23H,3,11-12H2,1-2H3,(H2,20,21,22). The molecule has 122 valence electrons. The van der Waals surface area contributed by atoms with Crippen LogP contribution < -0.4 is 10.6 Å². The molecule has 0 amide bonds. The van der Waals surface area contributed by atoms with Crippen LogP contribution in [0.4, 0.5) is 4.39 Å². The first kappa shape index (κ1) is 16.8. The molecule has 23 heavy (non-hydrogen) atoms. The van der Waals surface area contributed by atoms with Crippen molar-refractivity contribution in [2.75, 3.05) is 6.54 Å². The van der Waals surface area contributed by atoms with Crippen molar-refractivity contribution < 1.29 is 9.50 Å². The first-order chi connectivity index (χ1) is 11.1. The zero-order valence-electron chi connectivity index (χ0n) is 13.4. The number of hydrogen-bond acceptors (Lipinski definition) is 2. The minimum atomic E-state index is -0.209. The highest BCUT2D eigenvalue weighted by atomic mass is 19.1. The number of phenols is 1. The lowest BCUT2D eigenvalue weighted by Crippen LogP contribution is -2.36. The Morgan fingerprint density at radius 1 is 1.09 bits per heavy atom. The second-order valence-electron chi connectivity index (χ2n) is 5.30. The summed E-state index contributed by atoms with van der Waals surface area (Å²) in [6.45, 7) is 5.47. The van der Waals surface area contributed by atoms with E-state index in [4.69, 9.17) is 0 Å². The highest BCUT2D eigenvalue weighted by Gasteiger charge is 2.01. The molecule has 0 spiro atoms. The Morgan fingerprint density at radius 2 is 1.78 bits per heavy atom. The number of benzene rings is 2. The number of aliphatic imine (C=N–C) groups is 1. The molecule has 2 aromatic carbocycles. The number of nitrogens with zero attached hydrogens (tertiary/aromatic N) is 1. The molecule has 0 aliphatic carbocycles. The van der Waals surface area contributed by atoms with Crippen molar-refractivity contribution >= 4 is 5.96 Å². The topological polar surface area (TPSA) is 56.7 Å². The Morgan fingerprint density at radius 3 is 2.43 bits per heavy atom. The fourth-order valence-electron chi connectivity index (χ4n) is 2.05. The number of hydrogen-bond donors (Lipinski definition) is 3. The van der Waals surface area contributed by atoms with E-state index in [1.807, 2.05) is 25.1 Å². The molecule has 0 aliphatic heterocycles. The van der Waals surface area contributed by atoms with Gasteiger partial charge in [0, 0.05) is 13.1 Å². The predicted molar refractivity (Wildman–Crippen MR) is 90.9 cm³/mol. The van der Waals surface area contributed by atoms with E-state index in [1.54, 1.807) is 25.1 Å². The summed E-state index contributed by atoms with van der Waals surface area (Å²) in [5.41, 5.74) is 2.50. The van der Waals surface area contributed by atoms with Crippen molar-refractivity contribution in [3.8, 4) is 5.75 Å². The van der Waals surface area contributed by atoms with Gasteiger partial charge in [-0.2, -0.15) is 0 Å². The molecule has 0 bridgehead atoms. The smallest absolute Gasteiger partial charge is 0.191 e. The third-order valence-corrected chi connectivity index (χ3v) is 3.40. The van der Waals surface area contributed by atoms with Gasteiger partial charge in [0.15, 0.2) is 5.96 Å². The number of aromatic hydroxyl groups is 1. The molecule has 0 atom stereocenters. The predicted octanol–water partition coefficient (Wildman–Crippen LogP) is 3.10. The molecule has 2 aromatic rings. The maximum absolute atomic E-state index is 13.6. The van der Waals surface area contributed by atoms with E-state index in [9.17, 15) is 9.50 Å². The van der Waals surface area contributed by atoms with Crippen LogP contribution in [0, 0.1) is 12.7 Å². The van der Waals surface area contributed by atoms with Crippen LogP contribution in [0.1, 0.15) is 23.6 Å². The van der Waals surface area contributed by atoms with E-state index in [2.05, 4.69) is 15.6 Å². The highest BCUT2D eigenvalue weighted by Crippen LogP contribution is 2.10. The summed E-state index contributed by atoms with van der Waals surface area (Å²) in [5, 5.41) is 15.7. The Bertz CT molecular complexity index is 668. The molecule has 0 saturated heterocycles. The number of aryl methyl sites for hydroxylation is 1. The quantitative estimate of drug-likeness (QED) is 0.587. The summed E-state index contributed by atoms with van der Waals surface area (Å²) in [4.78, 5) is 4.47. The van der Waals surface area contributed by atoms with Gasteiger partial charge in [-0.25, -0.2) is 9.38 Å². The van der Waals surface area contributed by atoms with Gasteiger partial charge >= 0.3 is 0 Å². The van der Waals surface area contributed by atoms with Crippen molar-refractivity contribution in [2.24, 2.45) is 4.99 Å². The lowest BCUT2D eigenvalue weighted by Gasteiger charge is -2.11. The molecule has 4 nitrogen and oxygen atoms in total. The molecule has 0 unspecified atom stereocenters. The van der Waals surface area contributed by atoms with Crippen LogP contribution in [0.2, 0.25) is 0 Å². The molecule has 0 fully saturated rings. The van der Waals surface area contributed by atoms with E-state index >= 15 is 0 Å². The summed E-state index contributed by atoms with van der Waals surface area (Å²) >= 11 is 0. The van der Waals surface area contributed by atoms with E-state index < -0.39 is 0 Å². The zero-order valence-corrected chi connectivity index (χ0v) is 13.4. The van der Waals surface area contributed by atoms with Gasteiger partial charge in [-0.3, -0.25) is 0 Å². The van der Waals surface area contributed by atoms with Crippen LogP contribution in [0.25, 0.3) is 0 Å². The maximum Gasteiger partial charge on any atom is 0.191 e. The number of guanidine groups is 1. The van der Waals surface area contributed by atoms with E-state index in [0.29, 0.717) is 24.6 Å². The van der Waals surface area contributed by atoms with Crippen LogP contribution in [-0.2, 0) is 13.1 Å². The van der Waals surface area contributed by atoms with Crippen molar-refractivity contribution in [3.05, 3.63) is 65.0 Å². The van der Waals surface area contributed by atoms with Crippen molar-refractivity contribution in [1.82, 2.24) is 10.6 Å². The van der Waals surface area contributed by atoms with Crippen LogP contribution in [0.5, 0.6) is 5.75 Å². The monoisotopic (exact) mass is 315 g/mol. The molecule has 2 rings (SSSR count). The van der Waals surface area contributed by atoms with Gasteiger partial charge in [-0.1, -0.05) is 24.3 Å². The fraction of sp³-hybridized carbons (Fsp3) is 0.278. The maximum atomic E-state index is 13.6. The second-order valence-corrected chi connectivity index (χ2v) is 5.30. The largest absolute Gasteiger partial charge is 0.508 e. The average Bonchev–Trinajstić information content (AvgIpc) is 2.55. The third kappa shape index (κ3) is 5.29. The first-order valence-electron chi connectivity index (χ1n) is 7.63. The van der Waals surface area contributed by atoms with Crippen molar-refractivity contribution in [2.45, 2.75) is 26.9 Å². The van der Waals surface area contributed by atoms with Gasteiger partial charge in [-0.05, 0) is 48.7 Å². The average molecular weight is 315 g/mol. The van der Waals surface area contributed by atoms with Gasteiger partial charge in [-0.15, -0.1) is 0 Å². The molecular weight excluding hydrogens is 293 g/mol. The number of nitrogens with one attached hydrogen (secondary N) is 2. The summed E-state index contributed by atoms with van der Waals surface area (Å²) in [5.74, 6) is 0.706. The third-order valence-electron chi connectivity index (χ3n) is 3.40. The Hall–Kier alpha value is -2.56.